The van der Waals surface area contributed by atoms with Crippen molar-refractivity contribution >= 4 is 35.1 Å². The zero-order valence-corrected chi connectivity index (χ0v) is 18.0. The number of halogens is 1. The first-order valence-corrected chi connectivity index (χ1v) is 10.0. The van der Waals surface area contributed by atoms with E-state index in [-0.39, 0.29) is 5.91 Å². The Morgan fingerprint density at radius 1 is 1.10 bits per heavy atom. The quantitative estimate of drug-likeness (QED) is 0.625. The largest absolute Gasteiger partial charge is 0.495 e. The van der Waals surface area contributed by atoms with E-state index in [2.05, 4.69) is 5.32 Å². The number of hydrogen-bond donors (Lipinski definition) is 1. The second-order valence-corrected chi connectivity index (χ2v) is 7.33. The number of esters is 1. The molecule has 0 unspecified atom stereocenters. The summed E-state index contributed by atoms with van der Waals surface area (Å²) >= 11 is 6.05. The molecule has 1 aliphatic heterocycles. The van der Waals surface area contributed by atoms with Crippen molar-refractivity contribution in [3.8, 4) is 11.5 Å². The summed E-state index contributed by atoms with van der Waals surface area (Å²) in [6.07, 6.45) is 1.46. The number of nitrogens with one attached hydrogen (secondary N) is 1. The number of anilines is 1. The summed E-state index contributed by atoms with van der Waals surface area (Å²) in [7, 11) is 2.90. The Morgan fingerprint density at radius 3 is 2.42 bits per heavy atom. The third kappa shape index (κ3) is 5.67. The molecule has 0 radical (unpaired) electrons. The molecule has 1 fully saturated rings. The van der Waals surface area contributed by atoms with Gasteiger partial charge < -0.3 is 24.4 Å². The third-order valence-corrected chi connectivity index (χ3v) is 5.11. The van der Waals surface area contributed by atoms with E-state index in [1.54, 1.807) is 29.2 Å². The number of carbonyl (C=O) groups is 3. The summed E-state index contributed by atoms with van der Waals surface area (Å²) in [6.45, 7) is 0.794. The number of benzene rings is 2. The highest BCUT2D eigenvalue weighted by atomic mass is 35.5. The number of carbonyl (C=O) groups excluding carboxylic acids is 3. The van der Waals surface area contributed by atoms with Crippen molar-refractivity contribution in [2.24, 2.45) is 0 Å². The number of methoxy groups -OCH3 is 2. The van der Waals surface area contributed by atoms with Gasteiger partial charge in [-0.3, -0.25) is 9.59 Å². The van der Waals surface area contributed by atoms with E-state index in [1.165, 1.54) is 26.4 Å². The number of rotatable bonds is 8. The molecule has 0 saturated carbocycles. The minimum absolute atomic E-state index is 0.143. The molecular formula is C22H23ClN2O6. The van der Waals surface area contributed by atoms with Crippen LogP contribution >= 0.6 is 11.6 Å². The summed E-state index contributed by atoms with van der Waals surface area (Å²) in [5.74, 6) is -0.313. The lowest BCUT2D eigenvalue weighted by atomic mass is 10.1. The molecule has 1 saturated heterocycles. The fraction of sp³-hybridized carbons (Fsp3) is 0.318. The van der Waals surface area contributed by atoms with E-state index in [0.29, 0.717) is 40.7 Å². The lowest BCUT2D eigenvalue weighted by Gasteiger charge is -2.15. The molecule has 1 aliphatic rings. The van der Waals surface area contributed by atoms with Crippen LogP contribution in [0.2, 0.25) is 5.02 Å². The van der Waals surface area contributed by atoms with Crippen LogP contribution in [0.3, 0.4) is 0 Å². The van der Waals surface area contributed by atoms with Crippen LogP contribution < -0.4 is 14.8 Å². The first-order chi connectivity index (χ1) is 14.9. The molecule has 1 heterocycles. The summed E-state index contributed by atoms with van der Waals surface area (Å²) in [6, 6.07) is 9.80. The average Bonchev–Trinajstić information content (AvgIpc) is 3.17. The minimum atomic E-state index is -0.625. The molecule has 0 aliphatic carbocycles. The Balaban J connectivity index is 1.54. The molecule has 2 aromatic carbocycles. The Kier molecular flexibility index (Phi) is 7.36. The highest BCUT2D eigenvalue weighted by molar-refractivity contribution is 6.32. The first-order valence-electron chi connectivity index (χ1n) is 9.66. The first kappa shape index (κ1) is 22.4. The maximum atomic E-state index is 12.2. The van der Waals surface area contributed by atoms with Gasteiger partial charge in [0.15, 0.2) is 6.61 Å². The van der Waals surface area contributed by atoms with Gasteiger partial charge in [-0.25, -0.2) is 4.79 Å². The number of amides is 2. The van der Waals surface area contributed by atoms with Crippen LogP contribution in [0, 0.1) is 0 Å². The van der Waals surface area contributed by atoms with Gasteiger partial charge in [0, 0.05) is 31.6 Å². The summed E-state index contributed by atoms with van der Waals surface area (Å²) in [5, 5.41) is 2.94. The van der Waals surface area contributed by atoms with Crippen LogP contribution in [0.15, 0.2) is 36.4 Å². The van der Waals surface area contributed by atoms with Crippen molar-refractivity contribution in [3.63, 3.8) is 0 Å². The highest BCUT2D eigenvalue weighted by Gasteiger charge is 2.20. The van der Waals surface area contributed by atoms with Crippen LogP contribution in [0.5, 0.6) is 11.5 Å². The van der Waals surface area contributed by atoms with Gasteiger partial charge in [-0.05, 0) is 24.1 Å². The Labute approximate surface area is 185 Å². The van der Waals surface area contributed by atoms with Crippen LogP contribution in [-0.2, 0) is 20.9 Å². The van der Waals surface area contributed by atoms with Gasteiger partial charge in [0.1, 0.15) is 11.5 Å². The van der Waals surface area contributed by atoms with Gasteiger partial charge >= 0.3 is 5.97 Å². The molecule has 164 valence electrons. The Bertz CT molecular complexity index is 977. The normalized spacial score (nSPS) is 13.1. The number of likely N-dealkylation sites (tertiary alicyclic amines) is 1. The molecule has 0 aromatic heterocycles. The molecule has 3 rings (SSSR count). The maximum absolute atomic E-state index is 12.2. The highest BCUT2D eigenvalue weighted by Crippen LogP contribution is 2.35. The smallest absolute Gasteiger partial charge is 0.338 e. The fourth-order valence-corrected chi connectivity index (χ4v) is 3.43. The lowest BCUT2D eigenvalue weighted by molar-refractivity contribution is -0.128. The zero-order chi connectivity index (χ0) is 22.4. The Hall–Kier alpha value is -3.26. The fourth-order valence-electron chi connectivity index (χ4n) is 3.20. The van der Waals surface area contributed by atoms with Gasteiger partial charge in [0.25, 0.3) is 5.91 Å². The number of ether oxygens (including phenoxy) is 3. The van der Waals surface area contributed by atoms with Gasteiger partial charge in [-0.2, -0.15) is 0 Å². The van der Waals surface area contributed by atoms with Crippen LogP contribution in [0.1, 0.15) is 28.8 Å². The van der Waals surface area contributed by atoms with Gasteiger partial charge in [-0.15, -0.1) is 0 Å². The molecule has 0 spiro atoms. The van der Waals surface area contributed by atoms with Crippen molar-refractivity contribution in [2.45, 2.75) is 19.4 Å². The topological polar surface area (TPSA) is 94.2 Å². The third-order valence-electron chi connectivity index (χ3n) is 4.82. The number of hydrogen-bond acceptors (Lipinski definition) is 6. The molecule has 0 atom stereocenters. The number of nitrogens with zero attached hydrogens (tertiary/aromatic N) is 1. The average molecular weight is 447 g/mol. The van der Waals surface area contributed by atoms with Crippen LogP contribution in [-0.4, -0.2) is 50.1 Å². The lowest BCUT2D eigenvalue weighted by Crippen LogP contribution is -2.24. The van der Waals surface area contributed by atoms with E-state index >= 15 is 0 Å². The van der Waals surface area contributed by atoms with E-state index < -0.39 is 18.5 Å². The molecule has 2 amide bonds. The van der Waals surface area contributed by atoms with Gasteiger partial charge in [0.2, 0.25) is 5.91 Å². The van der Waals surface area contributed by atoms with E-state index in [4.69, 9.17) is 25.8 Å². The second kappa shape index (κ2) is 10.2. The molecule has 31 heavy (non-hydrogen) atoms. The van der Waals surface area contributed by atoms with E-state index in [1.807, 2.05) is 0 Å². The maximum Gasteiger partial charge on any atom is 0.338 e. The molecular weight excluding hydrogens is 424 g/mol. The second-order valence-electron chi connectivity index (χ2n) is 6.93. The minimum Gasteiger partial charge on any atom is -0.495 e. The van der Waals surface area contributed by atoms with Crippen molar-refractivity contribution in [3.05, 3.63) is 52.5 Å². The predicted molar refractivity (Wildman–Crippen MR) is 115 cm³/mol. The predicted octanol–water partition coefficient (Wildman–Crippen LogP) is 3.28. The Morgan fingerprint density at radius 2 is 1.81 bits per heavy atom. The van der Waals surface area contributed by atoms with Gasteiger partial charge in [0.05, 0.1) is 30.5 Å². The standard InChI is InChI=1S/C22H23ClN2O6/c1-29-18-11-17(19(30-2)10-16(18)23)24-20(26)13-31-22(28)15-7-5-14(6-8-15)12-25-9-3-4-21(25)27/h5-8,10-11H,3-4,9,12-13H2,1-2H3,(H,24,26). The van der Waals surface area contributed by atoms with Crippen molar-refractivity contribution in [2.75, 3.05) is 32.7 Å². The molecule has 9 heteroatoms. The molecule has 2 aromatic rings. The van der Waals surface area contributed by atoms with Crippen molar-refractivity contribution < 1.29 is 28.6 Å². The summed E-state index contributed by atoms with van der Waals surface area (Å²) in [5.41, 5.74) is 1.58. The van der Waals surface area contributed by atoms with Crippen molar-refractivity contribution in [1.29, 1.82) is 0 Å². The summed E-state index contributed by atoms with van der Waals surface area (Å²) < 4.78 is 15.4. The van der Waals surface area contributed by atoms with Crippen molar-refractivity contribution in [1.82, 2.24) is 4.90 Å². The summed E-state index contributed by atoms with van der Waals surface area (Å²) in [4.78, 5) is 38.0. The molecule has 0 bridgehead atoms. The van der Waals surface area contributed by atoms with Gasteiger partial charge in [-0.1, -0.05) is 23.7 Å². The monoisotopic (exact) mass is 446 g/mol. The SMILES string of the molecule is COc1cc(NC(=O)COC(=O)c2ccc(CN3CCCC3=O)cc2)c(OC)cc1Cl. The van der Waals surface area contributed by atoms with E-state index in [9.17, 15) is 14.4 Å². The molecule has 8 nitrogen and oxygen atoms in total. The van der Waals surface area contributed by atoms with Crippen LogP contribution in [0.25, 0.3) is 0 Å². The zero-order valence-electron chi connectivity index (χ0n) is 17.3. The van der Waals surface area contributed by atoms with E-state index in [0.717, 1.165) is 18.5 Å². The van der Waals surface area contributed by atoms with Crippen LogP contribution in [0.4, 0.5) is 5.69 Å². The molecule has 1 N–H and O–H groups in total.